The van der Waals surface area contributed by atoms with Gasteiger partial charge in [0.25, 0.3) is 0 Å². The molecule has 2 aliphatic rings. The number of carboxylic acids is 1. The summed E-state index contributed by atoms with van der Waals surface area (Å²) >= 11 is 0. The number of carboxylic acid groups (broad SMARTS) is 1. The molecule has 2 atom stereocenters. The van der Waals surface area contributed by atoms with Gasteiger partial charge in [-0.15, -0.1) is 0 Å². The summed E-state index contributed by atoms with van der Waals surface area (Å²) in [6.07, 6.45) is 3.55. The molecule has 2 rings (SSSR count). The van der Waals surface area contributed by atoms with Gasteiger partial charge < -0.3 is 10.4 Å². The molecule has 0 bridgehead atoms. The van der Waals surface area contributed by atoms with Crippen molar-refractivity contribution >= 4 is 5.97 Å². The summed E-state index contributed by atoms with van der Waals surface area (Å²) in [5.74, 6) is -0.725. The molecule has 2 fully saturated rings. The van der Waals surface area contributed by atoms with Crippen LogP contribution in [0.2, 0.25) is 0 Å². The van der Waals surface area contributed by atoms with Gasteiger partial charge in [-0.2, -0.15) is 0 Å². The Bertz CT molecular complexity index is 285. The molecule has 0 aromatic carbocycles. The van der Waals surface area contributed by atoms with Crippen LogP contribution in [0, 0.1) is 0 Å². The fraction of sp³-hybridized carbons (Fsp3) is 0.923. The van der Waals surface area contributed by atoms with E-state index < -0.39 is 12.0 Å². The Kier molecular flexibility index (Phi) is 4.97. The molecule has 2 saturated heterocycles. The van der Waals surface area contributed by atoms with Crippen LogP contribution in [0.4, 0.5) is 0 Å². The largest absolute Gasteiger partial charge is 0.480 e. The van der Waals surface area contributed by atoms with Gasteiger partial charge in [0.15, 0.2) is 0 Å². The van der Waals surface area contributed by atoms with E-state index in [0.29, 0.717) is 12.6 Å². The summed E-state index contributed by atoms with van der Waals surface area (Å²) in [6, 6.07) is 0.247. The molecular formula is C13H25N3O2. The maximum absolute atomic E-state index is 11.2. The van der Waals surface area contributed by atoms with Crippen LogP contribution in [0.25, 0.3) is 0 Å². The molecule has 2 heterocycles. The third-order valence-electron chi connectivity index (χ3n) is 4.05. The van der Waals surface area contributed by atoms with Crippen LogP contribution in [0.1, 0.15) is 26.2 Å². The zero-order valence-corrected chi connectivity index (χ0v) is 11.3. The smallest absolute Gasteiger partial charge is 0.322 e. The number of aliphatic carboxylic acids is 1. The second-order valence-electron chi connectivity index (χ2n) is 5.44. The molecule has 2 unspecified atom stereocenters. The monoisotopic (exact) mass is 255 g/mol. The van der Waals surface area contributed by atoms with Crippen molar-refractivity contribution in [2.24, 2.45) is 0 Å². The maximum Gasteiger partial charge on any atom is 0.322 e. The molecule has 2 N–H and O–H groups in total. The number of rotatable bonds is 6. The number of nitrogens with zero attached hydrogens (tertiary/aromatic N) is 2. The molecule has 0 radical (unpaired) electrons. The van der Waals surface area contributed by atoms with E-state index >= 15 is 0 Å². The van der Waals surface area contributed by atoms with Crippen LogP contribution in [-0.4, -0.2) is 72.2 Å². The van der Waals surface area contributed by atoms with Crippen molar-refractivity contribution in [1.82, 2.24) is 15.1 Å². The first-order valence-electron chi connectivity index (χ1n) is 7.13. The summed E-state index contributed by atoms with van der Waals surface area (Å²) in [4.78, 5) is 16.1. The van der Waals surface area contributed by atoms with E-state index in [-0.39, 0.29) is 0 Å². The Hall–Kier alpha value is -0.650. The highest BCUT2D eigenvalue weighted by Crippen LogP contribution is 2.21. The van der Waals surface area contributed by atoms with E-state index in [9.17, 15) is 9.90 Å². The average molecular weight is 255 g/mol. The van der Waals surface area contributed by atoms with Gasteiger partial charge in [-0.25, -0.2) is 0 Å². The van der Waals surface area contributed by atoms with E-state index in [1.54, 1.807) is 0 Å². The second kappa shape index (κ2) is 6.50. The molecular weight excluding hydrogens is 230 g/mol. The molecule has 0 aliphatic carbocycles. The first-order chi connectivity index (χ1) is 8.70. The molecule has 2 aliphatic heterocycles. The second-order valence-corrected chi connectivity index (χ2v) is 5.44. The SMILES string of the molecule is CCCNC(CN1CCN2CCCC2C1)C(=O)O. The summed E-state index contributed by atoms with van der Waals surface area (Å²) in [7, 11) is 0. The number of fused-ring (bicyclic) bond motifs is 1. The summed E-state index contributed by atoms with van der Waals surface area (Å²) in [5, 5.41) is 12.3. The Morgan fingerprint density at radius 2 is 2.28 bits per heavy atom. The minimum atomic E-state index is -0.725. The van der Waals surface area contributed by atoms with E-state index in [1.165, 1.54) is 19.4 Å². The maximum atomic E-state index is 11.2. The van der Waals surface area contributed by atoms with Gasteiger partial charge in [-0.05, 0) is 32.4 Å². The van der Waals surface area contributed by atoms with Crippen LogP contribution in [0.3, 0.4) is 0 Å². The van der Waals surface area contributed by atoms with Gasteiger partial charge >= 0.3 is 5.97 Å². The van der Waals surface area contributed by atoms with E-state index in [2.05, 4.69) is 22.0 Å². The van der Waals surface area contributed by atoms with Crippen molar-refractivity contribution in [3.63, 3.8) is 0 Å². The Labute approximate surface area is 109 Å². The van der Waals surface area contributed by atoms with Crippen LogP contribution >= 0.6 is 0 Å². The lowest BCUT2D eigenvalue weighted by molar-refractivity contribution is -0.140. The van der Waals surface area contributed by atoms with E-state index in [4.69, 9.17) is 0 Å². The Morgan fingerprint density at radius 1 is 1.44 bits per heavy atom. The Morgan fingerprint density at radius 3 is 3.00 bits per heavy atom. The standard InChI is InChI=1S/C13H25N3O2/c1-2-5-14-12(13(17)18)10-15-7-8-16-6-3-4-11(16)9-15/h11-12,14H,2-10H2,1H3,(H,17,18). The van der Waals surface area contributed by atoms with Gasteiger partial charge in [0, 0.05) is 32.2 Å². The van der Waals surface area contributed by atoms with E-state index in [1.807, 2.05) is 0 Å². The van der Waals surface area contributed by atoms with Gasteiger partial charge in [0.1, 0.15) is 6.04 Å². The normalized spacial score (nSPS) is 27.1. The molecule has 5 nitrogen and oxygen atoms in total. The topological polar surface area (TPSA) is 55.8 Å². The molecule has 104 valence electrons. The lowest BCUT2D eigenvalue weighted by Gasteiger charge is -2.38. The van der Waals surface area contributed by atoms with Crippen molar-refractivity contribution in [3.05, 3.63) is 0 Å². The molecule has 0 aromatic rings. The van der Waals surface area contributed by atoms with Crippen molar-refractivity contribution < 1.29 is 9.90 Å². The van der Waals surface area contributed by atoms with Crippen LogP contribution in [-0.2, 0) is 4.79 Å². The average Bonchev–Trinajstić information content (AvgIpc) is 2.81. The molecule has 0 amide bonds. The number of hydrogen-bond acceptors (Lipinski definition) is 4. The molecule has 0 saturated carbocycles. The number of hydrogen-bond donors (Lipinski definition) is 2. The highest BCUT2D eigenvalue weighted by Gasteiger charge is 2.32. The zero-order chi connectivity index (χ0) is 13.0. The van der Waals surface area contributed by atoms with Gasteiger partial charge in [0.2, 0.25) is 0 Å². The first kappa shape index (κ1) is 13.8. The minimum absolute atomic E-state index is 0.419. The summed E-state index contributed by atoms with van der Waals surface area (Å²) < 4.78 is 0. The van der Waals surface area contributed by atoms with Crippen molar-refractivity contribution in [3.8, 4) is 0 Å². The highest BCUT2D eigenvalue weighted by atomic mass is 16.4. The minimum Gasteiger partial charge on any atom is -0.480 e. The number of nitrogens with one attached hydrogen (secondary N) is 1. The zero-order valence-electron chi connectivity index (χ0n) is 11.3. The molecule has 0 aromatic heterocycles. The van der Waals surface area contributed by atoms with E-state index in [0.717, 1.165) is 32.6 Å². The molecule has 18 heavy (non-hydrogen) atoms. The lowest BCUT2D eigenvalue weighted by atomic mass is 10.1. The third kappa shape index (κ3) is 3.43. The van der Waals surface area contributed by atoms with Gasteiger partial charge in [0.05, 0.1) is 0 Å². The predicted molar refractivity (Wildman–Crippen MR) is 70.8 cm³/mol. The van der Waals surface area contributed by atoms with Crippen molar-refractivity contribution in [2.45, 2.75) is 38.3 Å². The van der Waals surface area contributed by atoms with Crippen LogP contribution in [0.15, 0.2) is 0 Å². The van der Waals surface area contributed by atoms with Crippen LogP contribution in [0.5, 0.6) is 0 Å². The summed E-state index contributed by atoms with van der Waals surface area (Å²) in [6.45, 7) is 7.86. The fourth-order valence-electron chi connectivity index (χ4n) is 3.03. The third-order valence-corrected chi connectivity index (χ3v) is 4.05. The predicted octanol–water partition coefficient (Wildman–Crippen LogP) is 0.219. The molecule has 0 spiro atoms. The van der Waals surface area contributed by atoms with Crippen molar-refractivity contribution in [2.75, 3.05) is 39.3 Å². The quantitative estimate of drug-likeness (QED) is 0.711. The highest BCUT2D eigenvalue weighted by molar-refractivity contribution is 5.73. The van der Waals surface area contributed by atoms with Crippen molar-refractivity contribution in [1.29, 1.82) is 0 Å². The first-order valence-corrected chi connectivity index (χ1v) is 7.13. The van der Waals surface area contributed by atoms with Gasteiger partial charge in [-0.1, -0.05) is 6.92 Å². The number of carbonyl (C=O) groups is 1. The molecule has 5 heteroatoms. The lowest BCUT2D eigenvalue weighted by Crippen LogP contribution is -2.55. The fourth-order valence-corrected chi connectivity index (χ4v) is 3.03. The summed E-state index contributed by atoms with van der Waals surface area (Å²) in [5.41, 5.74) is 0. The van der Waals surface area contributed by atoms with Crippen LogP contribution < -0.4 is 5.32 Å². The van der Waals surface area contributed by atoms with Gasteiger partial charge in [-0.3, -0.25) is 14.6 Å². The Balaban J connectivity index is 1.81. The number of piperazine rings is 1.